The fraction of sp³-hybridized carbons (Fsp3) is 0.667. The summed E-state index contributed by atoms with van der Waals surface area (Å²) < 4.78 is 0. The van der Waals surface area contributed by atoms with E-state index >= 15 is 0 Å². The van der Waals surface area contributed by atoms with Crippen LogP contribution in [0.1, 0.15) is 38.3 Å². The largest absolute Gasteiger partial charge is 0.369 e. The average molecular weight is 287 g/mol. The summed E-state index contributed by atoms with van der Waals surface area (Å²) in [6.07, 6.45) is 1.20. The van der Waals surface area contributed by atoms with E-state index in [2.05, 4.69) is 60.7 Å². The van der Waals surface area contributed by atoms with Crippen LogP contribution >= 0.6 is 0 Å². The Labute approximate surface area is 129 Å². The molecule has 116 valence electrons. The Bertz CT molecular complexity index is 501. The number of rotatable bonds is 3. The Hall–Kier alpha value is -1.06. The normalized spacial score (nSPS) is 20.9. The lowest BCUT2D eigenvalue weighted by Gasteiger charge is -2.34. The molecule has 0 aromatic heterocycles. The summed E-state index contributed by atoms with van der Waals surface area (Å²) in [6, 6.07) is 7.12. The molecule has 0 bridgehead atoms. The quantitative estimate of drug-likeness (QED) is 0.846. The van der Waals surface area contributed by atoms with Crippen molar-refractivity contribution < 1.29 is 0 Å². The molecular weight excluding hydrogens is 258 g/mol. The van der Waals surface area contributed by atoms with E-state index in [1.807, 2.05) is 0 Å². The van der Waals surface area contributed by atoms with Crippen molar-refractivity contribution in [3.05, 3.63) is 29.3 Å². The van der Waals surface area contributed by atoms with E-state index in [1.54, 1.807) is 0 Å². The van der Waals surface area contributed by atoms with E-state index in [9.17, 15) is 0 Å². The summed E-state index contributed by atoms with van der Waals surface area (Å²) in [5.74, 6) is 0. The van der Waals surface area contributed by atoms with Crippen LogP contribution in [0.2, 0.25) is 0 Å². The van der Waals surface area contributed by atoms with E-state index in [-0.39, 0.29) is 0 Å². The molecule has 0 saturated carbocycles. The molecule has 0 amide bonds. The van der Waals surface area contributed by atoms with Gasteiger partial charge in [-0.15, -0.1) is 0 Å². The smallest absolute Gasteiger partial charge is 0.0370 e. The van der Waals surface area contributed by atoms with Crippen LogP contribution in [0.5, 0.6) is 0 Å². The van der Waals surface area contributed by atoms with Crippen molar-refractivity contribution in [1.82, 2.24) is 9.80 Å². The van der Waals surface area contributed by atoms with Gasteiger partial charge in [-0.05, 0) is 50.6 Å². The number of hydrogen-bond acceptors (Lipinski definition) is 3. The fourth-order valence-electron chi connectivity index (χ4n) is 3.29. The van der Waals surface area contributed by atoms with Crippen LogP contribution in [0.3, 0.4) is 0 Å². The first-order valence-electron chi connectivity index (χ1n) is 8.30. The number of benzene rings is 1. The molecule has 1 aromatic carbocycles. The molecule has 2 aliphatic heterocycles. The molecule has 0 aliphatic carbocycles. The van der Waals surface area contributed by atoms with Crippen molar-refractivity contribution in [2.45, 2.75) is 45.8 Å². The first-order chi connectivity index (χ1) is 9.99. The fourth-order valence-corrected chi connectivity index (χ4v) is 3.29. The van der Waals surface area contributed by atoms with E-state index in [4.69, 9.17) is 0 Å². The van der Waals surface area contributed by atoms with E-state index in [1.165, 1.54) is 36.3 Å². The summed E-state index contributed by atoms with van der Waals surface area (Å²) in [5.41, 5.74) is 4.77. The second-order valence-electron chi connectivity index (χ2n) is 7.27. The average Bonchev–Trinajstić information content (AvgIpc) is 2.92. The number of piperazine rings is 1. The van der Waals surface area contributed by atoms with Crippen LogP contribution in [-0.4, -0.2) is 48.6 Å². The van der Waals surface area contributed by atoms with Crippen molar-refractivity contribution >= 4 is 5.69 Å². The van der Waals surface area contributed by atoms with Gasteiger partial charge in [-0.3, -0.25) is 4.90 Å². The maximum atomic E-state index is 2.62. The molecule has 1 fully saturated rings. The summed E-state index contributed by atoms with van der Waals surface area (Å²) in [6.45, 7) is 13.9. The molecular formula is C18H29N3. The molecule has 0 unspecified atom stereocenters. The minimum atomic E-state index is 0.299. The molecule has 3 rings (SSSR count). The van der Waals surface area contributed by atoms with E-state index in [0.717, 1.165) is 26.2 Å². The lowest BCUT2D eigenvalue weighted by Crippen LogP contribution is -2.44. The van der Waals surface area contributed by atoms with Gasteiger partial charge in [-0.1, -0.05) is 13.0 Å². The zero-order chi connectivity index (χ0) is 15.0. The lowest BCUT2D eigenvalue weighted by atomic mass is 10.00. The number of nitrogens with zero attached hydrogens (tertiary/aromatic N) is 3. The molecule has 0 N–H and O–H groups in total. The molecule has 3 heteroatoms. The van der Waals surface area contributed by atoms with Crippen LogP contribution < -0.4 is 4.90 Å². The van der Waals surface area contributed by atoms with E-state index < -0.39 is 0 Å². The summed E-state index contributed by atoms with van der Waals surface area (Å²) in [7, 11) is 2.21. The van der Waals surface area contributed by atoms with Crippen LogP contribution in [-0.2, 0) is 13.1 Å². The maximum absolute atomic E-state index is 2.62. The van der Waals surface area contributed by atoms with Gasteiger partial charge < -0.3 is 9.80 Å². The number of anilines is 1. The Kier molecular flexibility index (Phi) is 3.98. The molecule has 21 heavy (non-hydrogen) atoms. The van der Waals surface area contributed by atoms with Gasteiger partial charge in [0.25, 0.3) is 0 Å². The third-order valence-electron chi connectivity index (χ3n) is 5.50. The maximum Gasteiger partial charge on any atom is 0.0370 e. The molecule has 0 spiro atoms. The predicted octanol–water partition coefficient (Wildman–Crippen LogP) is 2.94. The highest BCUT2D eigenvalue weighted by Crippen LogP contribution is 2.33. The van der Waals surface area contributed by atoms with Gasteiger partial charge in [0.2, 0.25) is 0 Å². The second-order valence-corrected chi connectivity index (χ2v) is 7.27. The summed E-state index contributed by atoms with van der Waals surface area (Å²) in [4.78, 5) is 7.56. The zero-order valence-electron chi connectivity index (χ0n) is 14.0. The standard InChI is InChI=1S/C18H29N3/c1-5-18(2,3)21-13-15-6-7-17(12-16(15)14-21)20-10-8-19(4)9-11-20/h6-7,12H,5,8-11,13-14H2,1-4H3. The van der Waals surface area contributed by atoms with Crippen molar-refractivity contribution in [2.75, 3.05) is 38.1 Å². The number of hydrogen-bond donors (Lipinski definition) is 0. The Balaban J connectivity index is 1.74. The van der Waals surface area contributed by atoms with Crippen LogP contribution in [0.25, 0.3) is 0 Å². The third-order valence-corrected chi connectivity index (χ3v) is 5.50. The second kappa shape index (κ2) is 5.62. The monoisotopic (exact) mass is 287 g/mol. The van der Waals surface area contributed by atoms with Crippen molar-refractivity contribution in [1.29, 1.82) is 0 Å². The zero-order valence-corrected chi connectivity index (χ0v) is 14.0. The van der Waals surface area contributed by atoms with Gasteiger partial charge >= 0.3 is 0 Å². The van der Waals surface area contributed by atoms with Crippen molar-refractivity contribution in [3.63, 3.8) is 0 Å². The molecule has 1 aromatic rings. The van der Waals surface area contributed by atoms with Gasteiger partial charge in [-0.25, -0.2) is 0 Å². The summed E-state index contributed by atoms with van der Waals surface area (Å²) in [5, 5.41) is 0. The Morgan fingerprint density at radius 3 is 2.33 bits per heavy atom. The molecule has 0 radical (unpaired) electrons. The van der Waals surface area contributed by atoms with Crippen molar-refractivity contribution in [2.24, 2.45) is 0 Å². The van der Waals surface area contributed by atoms with Crippen molar-refractivity contribution in [3.8, 4) is 0 Å². The number of likely N-dealkylation sites (N-methyl/N-ethyl adjacent to an activating group) is 1. The Morgan fingerprint density at radius 2 is 1.67 bits per heavy atom. The van der Waals surface area contributed by atoms with Gasteiger partial charge in [0, 0.05) is 50.5 Å². The van der Waals surface area contributed by atoms with E-state index in [0.29, 0.717) is 5.54 Å². The SMILES string of the molecule is CCC(C)(C)N1Cc2ccc(N3CCN(C)CC3)cc2C1. The first-order valence-corrected chi connectivity index (χ1v) is 8.30. The van der Waals surface area contributed by atoms with Crippen LogP contribution in [0, 0.1) is 0 Å². The Morgan fingerprint density at radius 1 is 1.00 bits per heavy atom. The lowest BCUT2D eigenvalue weighted by molar-refractivity contribution is 0.114. The highest BCUT2D eigenvalue weighted by molar-refractivity contribution is 5.52. The molecule has 1 saturated heterocycles. The molecule has 2 aliphatic rings. The molecule has 0 atom stereocenters. The highest BCUT2D eigenvalue weighted by atomic mass is 15.2. The minimum absolute atomic E-state index is 0.299. The van der Waals surface area contributed by atoms with Crippen LogP contribution in [0.4, 0.5) is 5.69 Å². The number of fused-ring (bicyclic) bond motifs is 1. The minimum Gasteiger partial charge on any atom is -0.369 e. The van der Waals surface area contributed by atoms with Gasteiger partial charge in [-0.2, -0.15) is 0 Å². The van der Waals surface area contributed by atoms with Gasteiger partial charge in [0.05, 0.1) is 0 Å². The molecule has 3 nitrogen and oxygen atoms in total. The first kappa shape index (κ1) is 14.9. The van der Waals surface area contributed by atoms with Gasteiger partial charge in [0.15, 0.2) is 0 Å². The molecule has 2 heterocycles. The van der Waals surface area contributed by atoms with Crippen LogP contribution in [0.15, 0.2) is 18.2 Å². The topological polar surface area (TPSA) is 9.72 Å². The van der Waals surface area contributed by atoms with Gasteiger partial charge in [0.1, 0.15) is 0 Å². The highest BCUT2D eigenvalue weighted by Gasteiger charge is 2.30. The third kappa shape index (κ3) is 2.95. The summed E-state index contributed by atoms with van der Waals surface area (Å²) >= 11 is 0. The predicted molar refractivity (Wildman–Crippen MR) is 89.8 cm³/mol.